The van der Waals surface area contributed by atoms with Gasteiger partial charge in [-0.15, -0.1) is 0 Å². The van der Waals surface area contributed by atoms with Crippen molar-refractivity contribution >= 4 is 5.78 Å². The fourth-order valence-corrected chi connectivity index (χ4v) is 3.87. The Bertz CT molecular complexity index is 850. The smallest absolute Gasteiger partial charge is 0.194 e. The number of aliphatic hydroxyl groups excluding tert-OH is 2. The number of benzene rings is 2. The normalized spacial score (nSPS) is 18.5. The maximum Gasteiger partial charge on any atom is 0.194 e. The number of carbonyl (C=O) groups excluding carboxylic acids is 1. The summed E-state index contributed by atoms with van der Waals surface area (Å²) in [6.45, 7) is 6.49. The third-order valence-electron chi connectivity index (χ3n) is 5.19. The van der Waals surface area contributed by atoms with Crippen molar-refractivity contribution in [2.45, 2.75) is 45.8 Å². The predicted molar refractivity (Wildman–Crippen MR) is 112 cm³/mol. The lowest BCUT2D eigenvalue weighted by Gasteiger charge is -2.27. The van der Waals surface area contributed by atoms with Crippen molar-refractivity contribution in [3.8, 4) is 0 Å². The van der Waals surface area contributed by atoms with Crippen LogP contribution < -0.4 is 0 Å². The lowest BCUT2D eigenvalue weighted by molar-refractivity contribution is 0.0981. The van der Waals surface area contributed by atoms with Crippen LogP contribution in [0.3, 0.4) is 0 Å². The maximum absolute atomic E-state index is 13.2. The third kappa shape index (κ3) is 4.34. The molecule has 4 nitrogen and oxygen atoms in total. The Morgan fingerprint density at radius 1 is 1.14 bits per heavy atom. The molecule has 1 aliphatic rings. The number of β-amino-alcohol motifs (C(OH)–C–C–N with tert-alkyl or cyclic N) is 1. The van der Waals surface area contributed by atoms with E-state index in [1.807, 2.05) is 36.1 Å². The summed E-state index contributed by atoms with van der Waals surface area (Å²) in [4.78, 5) is 15.2. The van der Waals surface area contributed by atoms with Gasteiger partial charge < -0.3 is 10.2 Å². The standard InChI is InChI=1S/C24H29NO3/c1-4-5-18-8-12-19(13-9-18)23-22(21(27)15-25(23)14-17(3)26)24(28)20-10-6-16(2)7-11-20/h6-13,17,23,26-27H,4-5,14-15H2,1-3H3. The van der Waals surface area contributed by atoms with E-state index in [1.165, 1.54) is 5.56 Å². The van der Waals surface area contributed by atoms with Crippen molar-refractivity contribution in [3.63, 3.8) is 0 Å². The Morgan fingerprint density at radius 3 is 2.36 bits per heavy atom. The summed E-state index contributed by atoms with van der Waals surface area (Å²) in [7, 11) is 0. The van der Waals surface area contributed by atoms with Crippen molar-refractivity contribution in [1.29, 1.82) is 0 Å². The first-order chi connectivity index (χ1) is 13.4. The van der Waals surface area contributed by atoms with Gasteiger partial charge in [0, 0.05) is 12.1 Å². The largest absolute Gasteiger partial charge is 0.510 e. The van der Waals surface area contributed by atoms with Gasteiger partial charge in [-0.3, -0.25) is 9.69 Å². The minimum Gasteiger partial charge on any atom is -0.510 e. The van der Waals surface area contributed by atoms with Gasteiger partial charge in [0.15, 0.2) is 5.78 Å². The number of Topliss-reactive ketones (excluding diaryl/α,β-unsaturated/α-hetero) is 1. The molecule has 1 heterocycles. The zero-order valence-electron chi connectivity index (χ0n) is 16.9. The Kier molecular flexibility index (Phi) is 6.32. The second-order valence-electron chi connectivity index (χ2n) is 7.73. The van der Waals surface area contributed by atoms with Crippen molar-refractivity contribution in [2.75, 3.05) is 13.1 Å². The number of aliphatic hydroxyl groups is 2. The maximum atomic E-state index is 13.2. The Balaban J connectivity index is 1.98. The van der Waals surface area contributed by atoms with Crippen LogP contribution in [0.1, 0.15) is 53.4 Å². The quantitative estimate of drug-likeness (QED) is 0.701. The second kappa shape index (κ2) is 8.72. The fraction of sp³-hybridized carbons (Fsp3) is 0.375. The first-order valence-electron chi connectivity index (χ1n) is 9.95. The van der Waals surface area contributed by atoms with E-state index in [9.17, 15) is 15.0 Å². The number of rotatable bonds is 7. The van der Waals surface area contributed by atoms with Crippen LogP contribution in [0.4, 0.5) is 0 Å². The molecule has 0 saturated carbocycles. The Labute approximate surface area is 167 Å². The molecular formula is C24H29NO3. The summed E-state index contributed by atoms with van der Waals surface area (Å²) in [5.74, 6) is -0.0675. The van der Waals surface area contributed by atoms with E-state index in [-0.39, 0.29) is 24.1 Å². The van der Waals surface area contributed by atoms with Gasteiger partial charge in [-0.1, -0.05) is 67.4 Å². The number of hydrogen-bond donors (Lipinski definition) is 2. The van der Waals surface area contributed by atoms with Gasteiger partial charge in [-0.05, 0) is 31.4 Å². The first kappa shape index (κ1) is 20.3. The van der Waals surface area contributed by atoms with E-state index in [1.54, 1.807) is 19.1 Å². The van der Waals surface area contributed by atoms with Gasteiger partial charge in [0.25, 0.3) is 0 Å². The molecule has 0 fully saturated rings. The van der Waals surface area contributed by atoms with Crippen LogP contribution in [0, 0.1) is 6.92 Å². The van der Waals surface area contributed by atoms with Crippen molar-refractivity contribution < 1.29 is 15.0 Å². The average molecular weight is 380 g/mol. The van der Waals surface area contributed by atoms with Gasteiger partial charge >= 0.3 is 0 Å². The molecule has 4 heteroatoms. The number of hydrogen-bond acceptors (Lipinski definition) is 4. The molecule has 0 bridgehead atoms. The van der Waals surface area contributed by atoms with Crippen LogP contribution >= 0.6 is 0 Å². The minimum absolute atomic E-state index is 0.0915. The monoisotopic (exact) mass is 379 g/mol. The van der Waals surface area contributed by atoms with Crippen LogP contribution in [0.5, 0.6) is 0 Å². The summed E-state index contributed by atoms with van der Waals surface area (Å²) in [6, 6.07) is 15.3. The van der Waals surface area contributed by atoms with E-state index in [2.05, 4.69) is 19.1 Å². The molecule has 3 rings (SSSR count). The summed E-state index contributed by atoms with van der Waals surface area (Å²) in [5, 5.41) is 20.6. The van der Waals surface area contributed by atoms with Gasteiger partial charge in [0.05, 0.1) is 24.3 Å². The zero-order chi connectivity index (χ0) is 20.3. The highest BCUT2D eigenvalue weighted by Crippen LogP contribution is 2.38. The number of carbonyl (C=O) groups is 1. The van der Waals surface area contributed by atoms with E-state index in [4.69, 9.17) is 0 Å². The van der Waals surface area contributed by atoms with Gasteiger partial charge in [-0.25, -0.2) is 0 Å². The van der Waals surface area contributed by atoms with Gasteiger partial charge in [0.1, 0.15) is 5.76 Å². The van der Waals surface area contributed by atoms with E-state index < -0.39 is 6.10 Å². The molecule has 0 spiro atoms. The molecule has 2 atom stereocenters. The van der Waals surface area contributed by atoms with Crippen molar-refractivity contribution in [3.05, 3.63) is 82.1 Å². The lowest BCUT2D eigenvalue weighted by atomic mass is 9.91. The molecule has 0 radical (unpaired) electrons. The molecule has 2 unspecified atom stereocenters. The SMILES string of the molecule is CCCc1ccc(C2C(C(=O)c3ccc(C)cc3)=C(O)CN2CC(C)O)cc1. The van der Waals surface area contributed by atoms with E-state index in [0.717, 1.165) is 24.0 Å². The number of nitrogens with zero attached hydrogens (tertiary/aromatic N) is 1. The summed E-state index contributed by atoms with van der Waals surface area (Å²) < 4.78 is 0. The van der Waals surface area contributed by atoms with Gasteiger partial charge in [-0.2, -0.15) is 0 Å². The topological polar surface area (TPSA) is 60.8 Å². The summed E-state index contributed by atoms with van der Waals surface area (Å²) in [6.07, 6.45) is 1.54. The fourth-order valence-electron chi connectivity index (χ4n) is 3.87. The predicted octanol–water partition coefficient (Wildman–Crippen LogP) is 4.38. The van der Waals surface area contributed by atoms with Crippen LogP contribution in [-0.2, 0) is 6.42 Å². The molecule has 2 aromatic rings. The van der Waals surface area contributed by atoms with E-state index in [0.29, 0.717) is 17.7 Å². The summed E-state index contributed by atoms with van der Waals surface area (Å²) >= 11 is 0. The number of aryl methyl sites for hydroxylation is 2. The van der Waals surface area contributed by atoms with Gasteiger partial charge in [0.2, 0.25) is 0 Å². The minimum atomic E-state index is -0.552. The van der Waals surface area contributed by atoms with E-state index >= 15 is 0 Å². The first-order valence-corrected chi connectivity index (χ1v) is 9.95. The highest BCUT2D eigenvalue weighted by molar-refractivity contribution is 6.10. The van der Waals surface area contributed by atoms with Crippen LogP contribution in [0.2, 0.25) is 0 Å². The molecule has 0 amide bonds. The van der Waals surface area contributed by atoms with Crippen molar-refractivity contribution in [1.82, 2.24) is 4.90 Å². The van der Waals surface area contributed by atoms with Crippen LogP contribution in [0.15, 0.2) is 59.9 Å². The number of ketones is 1. The van der Waals surface area contributed by atoms with Crippen LogP contribution in [0.25, 0.3) is 0 Å². The molecule has 2 aromatic carbocycles. The highest BCUT2D eigenvalue weighted by atomic mass is 16.3. The molecule has 148 valence electrons. The average Bonchev–Trinajstić information content (AvgIpc) is 2.97. The highest BCUT2D eigenvalue weighted by Gasteiger charge is 2.38. The second-order valence-corrected chi connectivity index (χ2v) is 7.73. The Hall–Kier alpha value is -2.43. The molecular weight excluding hydrogens is 350 g/mol. The summed E-state index contributed by atoms with van der Waals surface area (Å²) in [5.41, 5.74) is 4.28. The van der Waals surface area contributed by atoms with Crippen LogP contribution in [-0.4, -0.2) is 40.1 Å². The Morgan fingerprint density at radius 2 is 1.79 bits per heavy atom. The van der Waals surface area contributed by atoms with Crippen molar-refractivity contribution in [2.24, 2.45) is 0 Å². The molecule has 0 saturated heterocycles. The molecule has 0 aromatic heterocycles. The molecule has 1 aliphatic heterocycles. The molecule has 28 heavy (non-hydrogen) atoms. The third-order valence-corrected chi connectivity index (χ3v) is 5.19. The molecule has 2 N–H and O–H groups in total. The lowest BCUT2D eigenvalue weighted by Crippen LogP contribution is -2.33. The molecule has 0 aliphatic carbocycles. The zero-order valence-corrected chi connectivity index (χ0v) is 16.9.